The lowest BCUT2D eigenvalue weighted by Gasteiger charge is -2.45. The first-order chi connectivity index (χ1) is 23.6. The van der Waals surface area contributed by atoms with Gasteiger partial charge in [-0.1, -0.05) is 64.0 Å². The molecule has 1 atom stereocenters. The fraction of sp³-hybridized carbons (Fsp3) is 0.432. The Hall–Kier alpha value is -4.52. The molecule has 4 rings (SSSR count). The van der Waals surface area contributed by atoms with Gasteiger partial charge in [0.25, 0.3) is 5.91 Å². The smallest absolute Gasteiger partial charge is 0.422 e. The second-order valence-corrected chi connectivity index (χ2v) is 14.2. The van der Waals surface area contributed by atoms with Gasteiger partial charge >= 0.3 is 12.3 Å². The summed E-state index contributed by atoms with van der Waals surface area (Å²) in [5.41, 5.74) is 4.39. The Kier molecular flexibility index (Phi) is 12.6. The number of aromatic nitrogens is 1. The summed E-state index contributed by atoms with van der Waals surface area (Å²) in [6.07, 6.45) is 2.75. The van der Waals surface area contributed by atoms with Crippen LogP contribution in [-0.4, -0.2) is 53.2 Å². The summed E-state index contributed by atoms with van der Waals surface area (Å²) < 4.78 is 57.0. The van der Waals surface area contributed by atoms with Crippen LogP contribution in [0.25, 0.3) is 5.57 Å². The molecule has 1 aliphatic heterocycles. The van der Waals surface area contributed by atoms with E-state index in [-0.39, 0.29) is 48.4 Å². The molecule has 1 unspecified atom stereocenters. The van der Waals surface area contributed by atoms with Crippen molar-refractivity contribution in [1.82, 2.24) is 9.88 Å². The average Bonchev–Trinajstić information content (AvgIpc) is 3.54. The van der Waals surface area contributed by atoms with Crippen LogP contribution >= 0.6 is 11.3 Å². The number of piperazine rings is 1. The minimum Gasteiger partial charge on any atom is -0.457 e. The molecule has 1 saturated heterocycles. The van der Waals surface area contributed by atoms with Crippen molar-refractivity contribution in [2.75, 3.05) is 29.9 Å². The first kappa shape index (κ1) is 38.3. The number of anilines is 2. The van der Waals surface area contributed by atoms with Crippen LogP contribution in [0.2, 0.25) is 0 Å². The maximum atomic E-state index is 15.2. The number of thiazole rings is 1. The molecule has 0 bridgehead atoms. The van der Waals surface area contributed by atoms with Gasteiger partial charge in [0.1, 0.15) is 33.4 Å². The Bertz CT molecular complexity index is 1680. The molecule has 9 nitrogen and oxygen atoms in total. The third-order valence-electron chi connectivity index (χ3n) is 7.96. The highest BCUT2D eigenvalue weighted by atomic mass is 32.1. The van der Waals surface area contributed by atoms with E-state index in [4.69, 9.17) is 15.2 Å². The van der Waals surface area contributed by atoms with Crippen molar-refractivity contribution in [3.8, 4) is 11.5 Å². The highest BCUT2D eigenvalue weighted by Crippen LogP contribution is 2.48. The number of halogens is 3. The molecule has 3 N–H and O–H groups in total. The van der Waals surface area contributed by atoms with Crippen molar-refractivity contribution >= 4 is 40.3 Å². The largest absolute Gasteiger partial charge is 0.457 e. The van der Waals surface area contributed by atoms with E-state index < -0.39 is 41.1 Å². The van der Waals surface area contributed by atoms with Gasteiger partial charge in [0.2, 0.25) is 0 Å². The zero-order valence-electron chi connectivity index (χ0n) is 29.3. The fourth-order valence-electron chi connectivity index (χ4n) is 5.53. The van der Waals surface area contributed by atoms with Crippen molar-refractivity contribution in [3.63, 3.8) is 0 Å². The summed E-state index contributed by atoms with van der Waals surface area (Å²) in [4.78, 5) is 34.4. The van der Waals surface area contributed by atoms with Gasteiger partial charge in [0.05, 0.1) is 17.4 Å². The lowest BCUT2D eigenvalue weighted by molar-refractivity contribution is -0.138. The summed E-state index contributed by atoms with van der Waals surface area (Å²) in [5, 5.41) is 4.75. The van der Waals surface area contributed by atoms with Crippen LogP contribution in [0.1, 0.15) is 81.9 Å². The molecular weight excluding hydrogens is 667 g/mol. The molecule has 2 heterocycles. The van der Waals surface area contributed by atoms with Gasteiger partial charge in [-0.2, -0.15) is 13.2 Å². The third kappa shape index (κ3) is 9.80. The molecule has 1 aliphatic rings. The Morgan fingerprint density at radius 1 is 1.12 bits per heavy atom. The highest BCUT2D eigenvalue weighted by molar-refractivity contribution is 7.11. The first-order valence-corrected chi connectivity index (χ1v) is 17.6. The van der Waals surface area contributed by atoms with Gasteiger partial charge < -0.3 is 30.3 Å². The maximum absolute atomic E-state index is 15.2. The number of benzene rings is 2. The van der Waals surface area contributed by atoms with E-state index in [9.17, 15) is 9.59 Å². The second kappa shape index (κ2) is 16.5. The summed E-state index contributed by atoms with van der Waals surface area (Å²) in [7, 11) is 0. The lowest BCUT2D eigenvalue weighted by Crippen LogP contribution is -2.58. The Balaban J connectivity index is 1.75. The van der Waals surface area contributed by atoms with E-state index in [0.29, 0.717) is 10.6 Å². The highest BCUT2D eigenvalue weighted by Gasteiger charge is 2.43. The number of alkyl halides is 3. The zero-order chi connectivity index (χ0) is 36.6. The summed E-state index contributed by atoms with van der Waals surface area (Å²) >= 11 is 1.21. The number of carbonyl (C=O) groups is 2. The van der Waals surface area contributed by atoms with Crippen molar-refractivity contribution in [2.45, 2.75) is 78.6 Å². The van der Waals surface area contributed by atoms with E-state index >= 15 is 13.2 Å². The number of rotatable bonds is 11. The normalized spacial score (nSPS) is 15.9. The number of ether oxygens (including phenoxy) is 2. The van der Waals surface area contributed by atoms with Crippen LogP contribution in [0.15, 0.2) is 66.2 Å². The molecule has 2 amide bonds. The van der Waals surface area contributed by atoms with E-state index in [1.807, 2.05) is 26.0 Å². The number of hydrogen-bond donors (Lipinski definition) is 2. The molecule has 2 aromatic carbocycles. The number of unbranched alkanes of at least 4 members (excludes halogenated alkanes) is 2. The Labute approximate surface area is 296 Å². The van der Waals surface area contributed by atoms with Gasteiger partial charge in [-0.3, -0.25) is 4.79 Å². The number of hydrogen-bond acceptors (Lipinski definition) is 8. The standard InChI is InChI=1S/C37H46F3N5O4S/c1-7-8-9-11-14-25(21-41)34-43-28(23-50-34)33(46)42-27-17-18-30(48-26-15-12-10-13-16-26)31(37(38,39)40)32(27)44-19-20-45(29(22-44)24(2)3)35(47)49-36(4,5)6/h10-18,21,23-24,29H,7-9,19-20,22,41H2,1-6H3,(H,42,46)/b14-11-,25-21+. The van der Waals surface area contributed by atoms with Crippen molar-refractivity contribution < 1.29 is 32.2 Å². The van der Waals surface area contributed by atoms with E-state index in [1.165, 1.54) is 29.7 Å². The fourth-order valence-corrected chi connectivity index (χ4v) is 6.34. The lowest BCUT2D eigenvalue weighted by atomic mass is 9.98. The maximum Gasteiger partial charge on any atom is 0.422 e. The molecule has 0 saturated carbocycles. The number of carbonyl (C=O) groups excluding carboxylic acids is 2. The minimum atomic E-state index is -4.88. The molecule has 50 heavy (non-hydrogen) atoms. The van der Waals surface area contributed by atoms with Crippen molar-refractivity contribution in [1.29, 1.82) is 0 Å². The minimum absolute atomic E-state index is 0.0326. The quantitative estimate of drug-likeness (QED) is 0.151. The van der Waals surface area contributed by atoms with Gasteiger partial charge in [0, 0.05) is 36.8 Å². The molecule has 1 aromatic heterocycles. The predicted octanol–water partition coefficient (Wildman–Crippen LogP) is 9.33. The van der Waals surface area contributed by atoms with E-state index in [1.54, 1.807) is 66.3 Å². The number of para-hydroxylation sites is 1. The van der Waals surface area contributed by atoms with E-state index in [2.05, 4.69) is 17.2 Å². The van der Waals surface area contributed by atoms with Gasteiger partial charge in [0.15, 0.2) is 0 Å². The molecule has 270 valence electrons. The predicted molar refractivity (Wildman–Crippen MR) is 193 cm³/mol. The van der Waals surface area contributed by atoms with Gasteiger partial charge in [-0.05, 0) is 57.4 Å². The summed E-state index contributed by atoms with van der Waals surface area (Å²) in [5.74, 6) is -1.01. The van der Waals surface area contributed by atoms with Gasteiger partial charge in [-0.25, -0.2) is 9.78 Å². The molecular formula is C37H46F3N5O4S. The average molecular weight is 714 g/mol. The van der Waals surface area contributed by atoms with Crippen LogP contribution in [0, 0.1) is 5.92 Å². The van der Waals surface area contributed by atoms with Crippen LogP contribution in [-0.2, 0) is 10.9 Å². The van der Waals surface area contributed by atoms with Crippen molar-refractivity contribution in [3.05, 3.63) is 82.5 Å². The summed E-state index contributed by atoms with van der Waals surface area (Å²) in [6, 6.07) is 10.3. The molecule has 0 radical (unpaired) electrons. The van der Waals surface area contributed by atoms with Crippen LogP contribution in [0.3, 0.4) is 0 Å². The summed E-state index contributed by atoms with van der Waals surface area (Å²) in [6.45, 7) is 11.4. The monoisotopic (exact) mass is 713 g/mol. The Morgan fingerprint density at radius 2 is 1.84 bits per heavy atom. The number of nitrogens with two attached hydrogens (primary N) is 1. The van der Waals surface area contributed by atoms with E-state index in [0.717, 1.165) is 19.3 Å². The Morgan fingerprint density at radius 3 is 2.46 bits per heavy atom. The van der Waals surface area contributed by atoms with Crippen LogP contribution in [0.4, 0.5) is 29.3 Å². The SMILES string of the molecule is CCCC/C=C\C(=C/N)c1nc(C(=O)Nc2ccc(Oc3ccccc3)c(C(F)(F)F)c2N2CCN(C(=O)OC(C)(C)C)C(C(C)C)C2)cs1. The molecule has 3 aromatic rings. The molecule has 0 aliphatic carbocycles. The molecule has 13 heteroatoms. The van der Waals surface area contributed by atoms with Crippen molar-refractivity contribution in [2.24, 2.45) is 11.7 Å². The molecule has 0 spiro atoms. The topological polar surface area (TPSA) is 110 Å². The number of nitrogens with one attached hydrogen (secondary N) is 1. The molecule has 1 fully saturated rings. The number of allylic oxidation sites excluding steroid dienone is 3. The van der Waals surface area contributed by atoms with Gasteiger partial charge in [-0.15, -0.1) is 11.3 Å². The zero-order valence-corrected chi connectivity index (χ0v) is 30.2. The second-order valence-electron chi connectivity index (χ2n) is 13.3. The van der Waals surface area contributed by atoms with Crippen LogP contribution in [0.5, 0.6) is 11.5 Å². The number of amides is 2. The van der Waals surface area contributed by atoms with Crippen LogP contribution < -0.4 is 20.7 Å². The number of nitrogens with zero attached hydrogens (tertiary/aromatic N) is 3. The third-order valence-corrected chi connectivity index (χ3v) is 8.85. The first-order valence-electron chi connectivity index (χ1n) is 16.7.